The number of hydrogen-bond acceptors (Lipinski definition) is 3. The van der Waals surface area contributed by atoms with Crippen molar-refractivity contribution >= 4 is 5.97 Å². The molecule has 5 aliphatic carbocycles. The molecule has 0 aromatic rings. The first-order chi connectivity index (χ1) is 16.1. The molecule has 9 atom stereocenters. The SMILES string of the molecule is CO[C@@H]1C=C2C3CC(C)(C)CC[C@]3(C(=O)O)CC[C@@]2(C)[C@]2(C)CCC3C(C)(C)[C@H](O)CC[C@]3(C)C12. The fourth-order valence-corrected chi connectivity index (χ4v) is 10.9. The van der Waals surface area contributed by atoms with Crippen LogP contribution in [0.1, 0.15) is 106 Å². The van der Waals surface area contributed by atoms with Crippen molar-refractivity contribution in [1.29, 1.82) is 0 Å². The van der Waals surface area contributed by atoms with E-state index in [1.165, 1.54) is 5.57 Å². The molecule has 0 aliphatic heterocycles. The lowest BCUT2D eigenvalue weighted by Gasteiger charge is -2.72. The molecule has 0 spiro atoms. The molecular formula is C31H50O4. The molecule has 4 heteroatoms. The zero-order chi connectivity index (χ0) is 25.8. The largest absolute Gasteiger partial charge is 0.481 e. The van der Waals surface area contributed by atoms with Gasteiger partial charge >= 0.3 is 5.97 Å². The van der Waals surface area contributed by atoms with E-state index < -0.39 is 11.4 Å². The molecule has 0 radical (unpaired) electrons. The predicted octanol–water partition coefficient (Wildman–Crippen LogP) is 6.86. The first-order valence-electron chi connectivity index (χ1n) is 14.3. The van der Waals surface area contributed by atoms with Crippen molar-refractivity contribution in [3.8, 4) is 0 Å². The molecule has 0 bridgehead atoms. The minimum absolute atomic E-state index is 0.00319. The monoisotopic (exact) mass is 486 g/mol. The number of aliphatic hydroxyl groups excluding tert-OH is 1. The Morgan fingerprint density at radius 2 is 1.60 bits per heavy atom. The van der Waals surface area contributed by atoms with Gasteiger partial charge in [0.15, 0.2) is 0 Å². The lowest BCUT2D eigenvalue weighted by atomic mass is 9.33. The highest BCUT2D eigenvalue weighted by Gasteiger charge is 2.71. The van der Waals surface area contributed by atoms with Crippen LogP contribution in [0.25, 0.3) is 0 Å². The van der Waals surface area contributed by atoms with E-state index in [9.17, 15) is 15.0 Å². The van der Waals surface area contributed by atoms with E-state index in [4.69, 9.17) is 4.74 Å². The van der Waals surface area contributed by atoms with Gasteiger partial charge in [0.25, 0.3) is 0 Å². The minimum Gasteiger partial charge on any atom is -0.481 e. The van der Waals surface area contributed by atoms with Crippen LogP contribution in [0.2, 0.25) is 0 Å². The second-order valence-electron chi connectivity index (χ2n) is 15.4. The van der Waals surface area contributed by atoms with Crippen molar-refractivity contribution in [2.24, 2.45) is 50.2 Å². The summed E-state index contributed by atoms with van der Waals surface area (Å²) in [5.74, 6) is 0.338. The number of ether oxygens (including phenoxy) is 1. The highest BCUT2D eigenvalue weighted by Crippen LogP contribution is 2.76. The molecule has 198 valence electrons. The maximum atomic E-state index is 12.9. The zero-order valence-electron chi connectivity index (χ0n) is 23.5. The van der Waals surface area contributed by atoms with Crippen molar-refractivity contribution in [3.63, 3.8) is 0 Å². The van der Waals surface area contributed by atoms with Crippen LogP contribution in [-0.2, 0) is 9.53 Å². The van der Waals surface area contributed by atoms with Gasteiger partial charge in [-0.05, 0) is 96.7 Å². The number of aliphatic carboxylic acids is 1. The van der Waals surface area contributed by atoms with Crippen molar-refractivity contribution in [1.82, 2.24) is 0 Å². The number of carboxylic acids is 1. The molecule has 0 aromatic carbocycles. The molecular weight excluding hydrogens is 436 g/mol. The molecule has 3 unspecified atom stereocenters. The Labute approximate surface area is 213 Å². The fourth-order valence-electron chi connectivity index (χ4n) is 10.9. The summed E-state index contributed by atoms with van der Waals surface area (Å²) in [7, 11) is 1.86. The summed E-state index contributed by atoms with van der Waals surface area (Å²) in [5, 5.41) is 21.6. The van der Waals surface area contributed by atoms with Gasteiger partial charge in [0.2, 0.25) is 0 Å². The summed E-state index contributed by atoms with van der Waals surface area (Å²) >= 11 is 0. The number of hydrogen-bond donors (Lipinski definition) is 2. The molecule has 0 saturated heterocycles. The number of aliphatic hydroxyl groups is 1. The van der Waals surface area contributed by atoms with E-state index in [0.29, 0.717) is 11.8 Å². The Morgan fingerprint density at radius 1 is 0.943 bits per heavy atom. The summed E-state index contributed by atoms with van der Waals surface area (Å²) in [6.07, 6.45) is 10.8. The summed E-state index contributed by atoms with van der Waals surface area (Å²) in [5.41, 5.74) is 0.967. The topological polar surface area (TPSA) is 66.8 Å². The standard InChI is InChI=1S/C31H50O4/c1-26(2)13-15-31(25(33)34)16-14-29(6)19(20(31)18-26)17-21(35-8)24-28(5)11-10-23(32)27(3,4)22(28)9-12-30(24,29)7/h17,20-24,32H,9-16,18H2,1-8H3,(H,33,34)/t20?,21-,22?,23-,24?,28+,29-,30-,31+/m1/s1. The van der Waals surface area contributed by atoms with Crippen LogP contribution in [0.15, 0.2) is 11.6 Å². The molecule has 4 saturated carbocycles. The number of methoxy groups -OCH3 is 1. The van der Waals surface area contributed by atoms with Gasteiger partial charge in [0, 0.05) is 13.0 Å². The average molecular weight is 487 g/mol. The van der Waals surface area contributed by atoms with Crippen LogP contribution in [0.4, 0.5) is 0 Å². The second kappa shape index (κ2) is 7.59. The molecule has 0 heterocycles. The van der Waals surface area contributed by atoms with E-state index in [1.807, 2.05) is 7.11 Å². The van der Waals surface area contributed by atoms with Gasteiger partial charge in [-0.1, -0.05) is 60.1 Å². The maximum absolute atomic E-state index is 12.9. The van der Waals surface area contributed by atoms with Crippen LogP contribution in [-0.4, -0.2) is 35.5 Å². The summed E-state index contributed by atoms with van der Waals surface area (Å²) in [6, 6.07) is 0. The van der Waals surface area contributed by atoms with E-state index in [1.54, 1.807) is 0 Å². The number of carbonyl (C=O) groups is 1. The predicted molar refractivity (Wildman–Crippen MR) is 139 cm³/mol. The van der Waals surface area contributed by atoms with Gasteiger partial charge in [-0.3, -0.25) is 4.79 Å². The third kappa shape index (κ3) is 3.14. The third-order valence-corrected chi connectivity index (χ3v) is 13.2. The van der Waals surface area contributed by atoms with Crippen LogP contribution in [0, 0.1) is 50.2 Å². The minimum atomic E-state index is -0.625. The molecule has 0 amide bonds. The normalized spacial score (nSPS) is 52.3. The van der Waals surface area contributed by atoms with E-state index in [2.05, 4.69) is 54.5 Å². The van der Waals surface area contributed by atoms with Crippen molar-refractivity contribution in [3.05, 3.63) is 11.6 Å². The van der Waals surface area contributed by atoms with Crippen molar-refractivity contribution in [2.45, 2.75) is 118 Å². The van der Waals surface area contributed by atoms with Crippen molar-refractivity contribution in [2.75, 3.05) is 7.11 Å². The zero-order valence-corrected chi connectivity index (χ0v) is 23.5. The van der Waals surface area contributed by atoms with Gasteiger partial charge in [0.05, 0.1) is 17.6 Å². The van der Waals surface area contributed by atoms with Gasteiger partial charge in [0.1, 0.15) is 0 Å². The molecule has 4 nitrogen and oxygen atoms in total. The Bertz CT molecular complexity index is 934. The van der Waals surface area contributed by atoms with Crippen LogP contribution in [0.3, 0.4) is 0 Å². The first kappa shape index (κ1) is 25.8. The summed E-state index contributed by atoms with van der Waals surface area (Å²) < 4.78 is 6.37. The highest BCUT2D eigenvalue weighted by molar-refractivity contribution is 5.76. The van der Waals surface area contributed by atoms with E-state index in [-0.39, 0.29) is 45.2 Å². The lowest BCUT2D eigenvalue weighted by molar-refractivity contribution is -0.229. The summed E-state index contributed by atoms with van der Waals surface area (Å²) in [6.45, 7) is 16.7. The van der Waals surface area contributed by atoms with Gasteiger partial charge in [-0.2, -0.15) is 0 Å². The van der Waals surface area contributed by atoms with E-state index >= 15 is 0 Å². The number of fused-ring (bicyclic) bond motifs is 7. The third-order valence-electron chi connectivity index (χ3n) is 13.2. The summed E-state index contributed by atoms with van der Waals surface area (Å²) in [4.78, 5) is 12.9. The molecule has 2 N–H and O–H groups in total. The molecule has 4 fully saturated rings. The Kier molecular flexibility index (Phi) is 5.59. The first-order valence-corrected chi connectivity index (χ1v) is 14.3. The molecule has 5 rings (SSSR count). The Hall–Kier alpha value is -0.870. The fraction of sp³-hybridized carbons (Fsp3) is 0.903. The highest BCUT2D eigenvalue weighted by atomic mass is 16.5. The van der Waals surface area contributed by atoms with Crippen LogP contribution in [0.5, 0.6) is 0 Å². The maximum Gasteiger partial charge on any atom is 0.310 e. The second-order valence-corrected chi connectivity index (χ2v) is 15.4. The number of carboxylic acid groups (broad SMARTS) is 1. The Balaban J connectivity index is 1.67. The van der Waals surface area contributed by atoms with Gasteiger partial charge in [-0.15, -0.1) is 0 Å². The van der Waals surface area contributed by atoms with Crippen LogP contribution >= 0.6 is 0 Å². The average Bonchev–Trinajstić information content (AvgIpc) is 2.76. The molecule has 0 aromatic heterocycles. The Morgan fingerprint density at radius 3 is 2.23 bits per heavy atom. The number of allylic oxidation sites excluding steroid dienone is 1. The molecule has 35 heavy (non-hydrogen) atoms. The van der Waals surface area contributed by atoms with Gasteiger partial charge < -0.3 is 14.9 Å². The quantitative estimate of drug-likeness (QED) is 0.419. The van der Waals surface area contributed by atoms with Crippen molar-refractivity contribution < 1.29 is 19.7 Å². The van der Waals surface area contributed by atoms with Gasteiger partial charge in [-0.25, -0.2) is 0 Å². The van der Waals surface area contributed by atoms with E-state index in [0.717, 1.165) is 57.8 Å². The smallest absolute Gasteiger partial charge is 0.310 e. The number of rotatable bonds is 2. The molecule has 5 aliphatic rings. The van der Waals surface area contributed by atoms with Crippen LogP contribution < -0.4 is 0 Å². The lowest BCUT2D eigenvalue weighted by Crippen LogP contribution is -2.68.